The Labute approximate surface area is 54.8 Å². The van der Waals surface area contributed by atoms with E-state index < -0.39 is 0 Å². The van der Waals surface area contributed by atoms with Crippen molar-refractivity contribution in [2.75, 3.05) is 0 Å². The molecule has 0 amide bonds. The van der Waals surface area contributed by atoms with E-state index in [1.807, 2.05) is 6.92 Å². The molecule has 1 fully saturated rings. The number of carbonyl (C=O) groups excluding carboxylic acids is 1. The van der Waals surface area contributed by atoms with Crippen LogP contribution in [0.5, 0.6) is 0 Å². The molecule has 0 N–H and O–H groups in total. The van der Waals surface area contributed by atoms with Gasteiger partial charge in [-0.3, -0.25) is 4.79 Å². The van der Waals surface area contributed by atoms with Crippen LogP contribution in [-0.4, -0.2) is 5.78 Å². The molecule has 9 heavy (non-hydrogen) atoms. The zero-order chi connectivity index (χ0) is 6.43. The first-order valence-electron chi connectivity index (χ1n) is 3.51. The third-order valence-electron chi connectivity index (χ3n) is 2.63. The van der Waals surface area contributed by atoms with E-state index in [4.69, 9.17) is 0 Å². The average Bonchev–Trinajstić information content (AvgIpc) is 2.30. The summed E-state index contributed by atoms with van der Waals surface area (Å²) in [6.07, 6.45) is 5.33. The number of rotatable bonds is 0. The molecule has 48 valence electrons. The standard InChI is InChI=1S/C8H10O/c1-5-6-3-2-4-7(6)8(5)9/h2,4-7H,3H2,1H3/t5-,6-,7-/m1/s1. The quantitative estimate of drug-likeness (QED) is 0.444. The van der Waals surface area contributed by atoms with Crippen molar-refractivity contribution in [2.24, 2.45) is 17.8 Å². The zero-order valence-corrected chi connectivity index (χ0v) is 5.50. The van der Waals surface area contributed by atoms with E-state index in [-0.39, 0.29) is 0 Å². The second-order valence-corrected chi connectivity index (χ2v) is 3.04. The van der Waals surface area contributed by atoms with Crippen LogP contribution in [0.2, 0.25) is 0 Å². The lowest BCUT2D eigenvalue weighted by Crippen LogP contribution is -2.42. The highest BCUT2D eigenvalue weighted by Crippen LogP contribution is 2.43. The molecule has 0 unspecified atom stereocenters. The lowest BCUT2D eigenvalue weighted by molar-refractivity contribution is -0.137. The number of allylic oxidation sites excluding steroid dienone is 2. The molecular weight excluding hydrogens is 112 g/mol. The molecule has 0 aromatic carbocycles. The van der Waals surface area contributed by atoms with Crippen molar-refractivity contribution in [1.82, 2.24) is 0 Å². The van der Waals surface area contributed by atoms with Crippen molar-refractivity contribution in [3.63, 3.8) is 0 Å². The SMILES string of the molecule is C[C@H]1C(=O)[C@@H]2C=CC[C@H]12. The van der Waals surface area contributed by atoms with Crippen LogP contribution >= 0.6 is 0 Å². The van der Waals surface area contributed by atoms with Crippen LogP contribution in [0.1, 0.15) is 13.3 Å². The third kappa shape index (κ3) is 0.473. The highest BCUT2D eigenvalue weighted by atomic mass is 16.1. The van der Waals surface area contributed by atoms with Crippen molar-refractivity contribution in [2.45, 2.75) is 13.3 Å². The van der Waals surface area contributed by atoms with E-state index in [9.17, 15) is 4.79 Å². The molecular formula is C8H10O. The van der Waals surface area contributed by atoms with Gasteiger partial charge in [-0.1, -0.05) is 19.1 Å². The first-order valence-corrected chi connectivity index (χ1v) is 3.51. The van der Waals surface area contributed by atoms with Gasteiger partial charge >= 0.3 is 0 Å². The maximum absolute atomic E-state index is 11.0. The van der Waals surface area contributed by atoms with E-state index in [1.54, 1.807) is 0 Å². The lowest BCUT2D eigenvalue weighted by atomic mass is 9.66. The second-order valence-electron chi connectivity index (χ2n) is 3.04. The summed E-state index contributed by atoms with van der Waals surface area (Å²) in [6.45, 7) is 2.04. The Balaban J connectivity index is 2.21. The number of fused-ring (bicyclic) bond motifs is 1. The van der Waals surface area contributed by atoms with Crippen molar-refractivity contribution in [3.8, 4) is 0 Å². The van der Waals surface area contributed by atoms with Gasteiger partial charge in [-0.15, -0.1) is 0 Å². The minimum absolute atomic E-state index is 0.319. The zero-order valence-electron chi connectivity index (χ0n) is 5.50. The van der Waals surface area contributed by atoms with Crippen molar-refractivity contribution in [1.29, 1.82) is 0 Å². The number of ketones is 1. The van der Waals surface area contributed by atoms with Gasteiger partial charge in [0.1, 0.15) is 5.78 Å². The number of hydrogen-bond donors (Lipinski definition) is 0. The van der Waals surface area contributed by atoms with Crippen LogP contribution in [0.3, 0.4) is 0 Å². The van der Waals surface area contributed by atoms with E-state index in [1.165, 1.54) is 0 Å². The van der Waals surface area contributed by atoms with Gasteiger partial charge in [0.2, 0.25) is 0 Å². The largest absolute Gasteiger partial charge is 0.299 e. The molecule has 0 aromatic rings. The summed E-state index contributed by atoms with van der Waals surface area (Å²) >= 11 is 0. The first-order chi connectivity index (χ1) is 4.30. The summed E-state index contributed by atoms with van der Waals surface area (Å²) in [5, 5.41) is 0. The van der Waals surface area contributed by atoms with Crippen molar-refractivity contribution >= 4 is 5.78 Å². The minimum Gasteiger partial charge on any atom is -0.299 e. The van der Waals surface area contributed by atoms with Gasteiger partial charge in [0.25, 0.3) is 0 Å². The molecule has 1 saturated carbocycles. The van der Waals surface area contributed by atoms with Crippen molar-refractivity contribution < 1.29 is 4.79 Å². The molecule has 1 nitrogen and oxygen atoms in total. The fourth-order valence-electron chi connectivity index (χ4n) is 1.89. The average molecular weight is 122 g/mol. The van der Waals surface area contributed by atoms with E-state index in [0.717, 1.165) is 6.42 Å². The van der Waals surface area contributed by atoms with E-state index in [0.29, 0.717) is 23.5 Å². The molecule has 1 heteroatoms. The molecule has 0 heterocycles. The molecule has 3 atom stereocenters. The number of carbonyl (C=O) groups is 1. The lowest BCUT2D eigenvalue weighted by Gasteiger charge is -2.35. The van der Waals surface area contributed by atoms with Crippen LogP contribution < -0.4 is 0 Å². The van der Waals surface area contributed by atoms with Gasteiger partial charge in [-0.25, -0.2) is 0 Å². The van der Waals surface area contributed by atoms with Gasteiger partial charge in [-0.05, 0) is 12.3 Å². The van der Waals surface area contributed by atoms with Gasteiger partial charge in [0, 0.05) is 11.8 Å². The van der Waals surface area contributed by atoms with Gasteiger partial charge in [0.05, 0.1) is 0 Å². The van der Waals surface area contributed by atoms with Crippen LogP contribution in [0, 0.1) is 17.8 Å². The minimum atomic E-state index is 0.319. The van der Waals surface area contributed by atoms with Crippen LogP contribution in [0.15, 0.2) is 12.2 Å². The smallest absolute Gasteiger partial charge is 0.143 e. The number of Topliss-reactive ketones (excluding diaryl/α,β-unsaturated/α-hetero) is 1. The van der Waals surface area contributed by atoms with Gasteiger partial charge < -0.3 is 0 Å². The Morgan fingerprint density at radius 3 is 3.11 bits per heavy atom. The summed E-state index contributed by atoms with van der Waals surface area (Å²) in [6, 6.07) is 0. The van der Waals surface area contributed by atoms with E-state index >= 15 is 0 Å². The Morgan fingerprint density at radius 2 is 2.44 bits per heavy atom. The highest BCUT2D eigenvalue weighted by Gasteiger charge is 2.46. The normalized spacial score (nSPS) is 46.8. The molecule has 0 saturated heterocycles. The van der Waals surface area contributed by atoms with Crippen LogP contribution in [-0.2, 0) is 4.79 Å². The predicted molar refractivity (Wildman–Crippen MR) is 34.9 cm³/mol. The van der Waals surface area contributed by atoms with Gasteiger partial charge in [0.15, 0.2) is 0 Å². The highest BCUT2D eigenvalue weighted by molar-refractivity contribution is 5.92. The molecule has 0 aromatic heterocycles. The molecule has 2 aliphatic carbocycles. The maximum Gasteiger partial charge on any atom is 0.143 e. The Bertz CT molecular complexity index is 181. The molecule has 0 radical (unpaired) electrons. The topological polar surface area (TPSA) is 17.1 Å². The Kier molecular flexibility index (Phi) is 0.850. The molecule has 0 aliphatic heterocycles. The Morgan fingerprint density at radius 1 is 1.67 bits per heavy atom. The summed E-state index contributed by atoms with van der Waals surface area (Å²) in [7, 11) is 0. The van der Waals surface area contributed by atoms with Gasteiger partial charge in [-0.2, -0.15) is 0 Å². The third-order valence-corrected chi connectivity index (χ3v) is 2.63. The van der Waals surface area contributed by atoms with Crippen LogP contribution in [0.25, 0.3) is 0 Å². The summed E-state index contributed by atoms with van der Waals surface area (Å²) < 4.78 is 0. The summed E-state index contributed by atoms with van der Waals surface area (Å²) in [5.74, 6) is 1.80. The number of hydrogen-bond acceptors (Lipinski definition) is 1. The summed E-state index contributed by atoms with van der Waals surface area (Å²) in [5.41, 5.74) is 0. The first kappa shape index (κ1) is 5.21. The monoisotopic (exact) mass is 122 g/mol. The van der Waals surface area contributed by atoms with E-state index in [2.05, 4.69) is 12.2 Å². The maximum atomic E-state index is 11.0. The van der Waals surface area contributed by atoms with Crippen LogP contribution in [0.4, 0.5) is 0 Å². The fraction of sp³-hybridized carbons (Fsp3) is 0.625. The fourth-order valence-corrected chi connectivity index (χ4v) is 1.89. The second kappa shape index (κ2) is 1.47. The molecule has 2 aliphatic rings. The molecule has 0 spiro atoms. The summed E-state index contributed by atoms with van der Waals surface area (Å²) in [4.78, 5) is 11.0. The molecule has 2 rings (SSSR count). The van der Waals surface area contributed by atoms with Crippen molar-refractivity contribution in [3.05, 3.63) is 12.2 Å². The Hall–Kier alpha value is -0.590. The molecule has 0 bridgehead atoms. The predicted octanol–water partition coefficient (Wildman–Crippen LogP) is 1.40.